The lowest BCUT2D eigenvalue weighted by molar-refractivity contribution is 1.18. The van der Waals surface area contributed by atoms with Gasteiger partial charge in [0.05, 0.1) is 51.0 Å². The van der Waals surface area contributed by atoms with Gasteiger partial charge in [0.1, 0.15) is 0 Å². The number of fused-ring (bicyclic) bond motifs is 8. The summed E-state index contributed by atoms with van der Waals surface area (Å²) in [6, 6.07) is 55.3. The first-order valence-electron chi connectivity index (χ1n) is 18.0. The quantitative estimate of drug-likeness (QED) is 0.174. The molecule has 4 heteroatoms. The smallest absolute Gasteiger partial charge is 0.0998 e. The highest BCUT2D eigenvalue weighted by molar-refractivity contribution is 6.23. The highest BCUT2D eigenvalue weighted by Gasteiger charge is 2.31. The van der Waals surface area contributed by atoms with Gasteiger partial charge in [-0.3, -0.25) is 0 Å². The molecule has 0 unspecified atom stereocenters. The van der Waals surface area contributed by atoms with Crippen LogP contribution >= 0.6 is 0 Å². The molecule has 252 valence electrons. The SMILES string of the molecule is C=CC.CC.N#Cc1cccc(C#N)c1-c1ccc(-n2c3ccccc3c3c2c2ccccc2n3-c2ccccc2)c2c1-c1cccc3cccc-2c13. The van der Waals surface area contributed by atoms with Gasteiger partial charge in [0.15, 0.2) is 0 Å². The normalized spacial score (nSPS) is 11.0. The molecule has 0 N–H and O–H groups in total. The number of allylic oxidation sites excluding steroid dienone is 1. The molecule has 0 atom stereocenters. The number of rotatable bonds is 3. The molecule has 0 fully saturated rings. The minimum Gasteiger partial charge on any atom is -0.307 e. The molecule has 1 aliphatic carbocycles. The van der Waals surface area contributed by atoms with E-state index in [1.54, 1.807) is 24.3 Å². The van der Waals surface area contributed by atoms with E-state index in [9.17, 15) is 10.5 Å². The van der Waals surface area contributed by atoms with Crippen molar-refractivity contribution in [2.24, 2.45) is 0 Å². The molecule has 0 aliphatic heterocycles. The van der Waals surface area contributed by atoms with Crippen molar-refractivity contribution < 1.29 is 0 Å². The third-order valence-corrected chi connectivity index (χ3v) is 9.93. The van der Waals surface area contributed by atoms with Crippen LogP contribution in [0, 0.1) is 22.7 Å². The molecule has 10 rings (SSSR count). The molecule has 2 aromatic heterocycles. The zero-order valence-corrected chi connectivity index (χ0v) is 29.9. The maximum Gasteiger partial charge on any atom is 0.0998 e. The largest absolute Gasteiger partial charge is 0.307 e. The monoisotopic (exact) mass is 680 g/mol. The molecule has 4 nitrogen and oxygen atoms in total. The first kappa shape index (κ1) is 33.0. The van der Waals surface area contributed by atoms with Crippen molar-refractivity contribution in [1.82, 2.24) is 9.13 Å². The molecule has 0 spiro atoms. The van der Waals surface area contributed by atoms with Crippen molar-refractivity contribution in [1.29, 1.82) is 10.5 Å². The summed E-state index contributed by atoms with van der Waals surface area (Å²) in [5, 5.41) is 25.2. The van der Waals surface area contributed by atoms with Crippen molar-refractivity contribution in [3.8, 4) is 56.9 Å². The average Bonchev–Trinajstić information content (AvgIpc) is 3.86. The van der Waals surface area contributed by atoms with Crippen LogP contribution in [0.15, 0.2) is 158 Å². The van der Waals surface area contributed by atoms with Gasteiger partial charge >= 0.3 is 0 Å². The van der Waals surface area contributed by atoms with Crippen LogP contribution in [0.3, 0.4) is 0 Å². The standard InChI is InChI=1S/C44H24N4.C3H6.C2H6/c45-25-28-13-8-14-29(26-46)39(28)35-23-24-38(42-34-20-10-12-27-11-9-19-33(40(27)34)41(35)42)48-37-22-7-5-18-32(37)43-44(48)31-17-4-6-21-36(31)47(43)30-15-2-1-3-16-30;1-3-2;1-2/h1-24H;3H,1H2,2H3;1-2H3. The van der Waals surface area contributed by atoms with Crippen LogP contribution in [0.2, 0.25) is 0 Å². The maximum atomic E-state index is 10.2. The number of nitriles is 2. The highest BCUT2D eigenvalue weighted by Crippen LogP contribution is 2.55. The van der Waals surface area contributed by atoms with Crippen LogP contribution in [0.1, 0.15) is 31.9 Å². The summed E-state index contributed by atoms with van der Waals surface area (Å²) >= 11 is 0. The second kappa shape index (κ2) is 13.5. The molecule has 0 bridgehead atoms. The van der Waals surface area contributed by atoms with Crippen LogP contribution in [-0.4, -0.2) is 9.13 Å². The third kappa shape index (κ3) is 4.89. The third-order valence-electron chi connectivity index (χ3n) is 9.93. The number of benzene rings is 7. The summed E-state index contributed by atoms with van der Waals surface area (Å²) in [7, 11) is 0. The molecule has 9 aromatic rings. The van der Waals surface area contributed by atoms with Gasteiger partial charge in [0.2, 0.25) is 0 Å². The molecule has 2 heterocycles. The van der Waals surface area contributed by atoms with Crippen molar-refractivity contribution in [3.05, 3.63) is 169 Å². The lowest BCUT2D eigenvalue weighted by atomic mass is 9.87. The van der Waals surface area contributed by atoms with Gasteiger partial charge in [-0.25, -0.2) is 0 Å². The number of para-hydroxylation sites is 3. The predicted molar refractivity (Wildman–Crippen MR) is 222 cm³/mol. The van der Waals surface area contributed by atoms with E-state index in [2.05, 4.69) is 155 Å². The second-order valence-electron chi connectivity index (χ2n) is 12.7. The Labute approximate surface area is 309 Å². The van der Waals surface area contributed by atoms with Crippen LogP contribution < -0.4 is 0 Å². The summed E-state index contributed by atoms with van der Waals surface area (Å²) in [5.41, 5.74) is 13.7. The number of nitrogens with zero attached hydrogens (tertiary/aromatic N) is 4. The Hall–Kier alpha value is -7.14. The average molecular weight is 681 g/mol. The minimum absolute atomic E-state index is 0.492. The molecule has 0 saturated carbocycles. The molecular formula is C49H36N4. The topological polar surface area (TPSA) is 57.4 Å². The Balaban J connectivity index is 0.000000764. The van der Waals surface area contributed by atoms with E-state index >= 15 is 0 Å². The summed E-state index contributed by atoms with van der Waals surface area (Å²) < 4.78 is 4.82. The van der Waals surface area contributed by atoms with E-state index in [-0.39, 0.29) is 0 Å². The van der Waals surface area contributed by atoms with Gasteiger partial charge in [-0.2, -0.15) is 10.5 Å². The molecular weight excluding hydrogens is 645 g/mol. The fourth-order valence-corrected chi connectivity index (χ4v) is 8.11. The van der Waals surface area contributed by atoms with Crippen LogP contribution in [-0.2, 0) is 0 Å². The van der Waals surface area contributed by atoms with Crippen LogP contribution in [0.25, 0.3) is 88.4 Å². The van der Waals surface area contributed by atoms with Gasteiger partial charge in [0.25, 0.3) is 0 Å². The fourth-order valence-electron chi connectivity index (χ4n) is 8.11. The predicted octanol–water partition coefficient (Wildman–Crippen LogP) is 13.2. The van der Waals surface area contributed by atoms with Crippen molar-refractivity contribution in [2.45, 2.75) is 20.8 Å². The van der Waals surface area contributed by atoms with Gasteiger partial charge in [-0.05, 0) is 76.9 Å². The number of hydrogen-bond donors (Lipinski definition) is 0. The lowest BCUT2D eigenvalue weighted by Gasteiger charge is -2.18. The molecule has 0 saturated heterocycles. The maximum absolute atomic E-state index is 10.2. The lowest BCUT2D eigenvalue weighted by Crippen LogP contribution is -2.00. The van der Waals surface area contributed by atoms with E-state index in [4.69, 9.17) is 0 Å². The molecule has 0 amide bonds. The van der Waals surface area contributed by atoms with Gasteiger partial charge in [-0.1, -0.05) is 123 Å². The molecule has 1 aliphatic rings. The highest BCUT2D eigenvalue weighted by atomic mass is 15.1. The molecule has 53 heavy (non-hydrogen) atoms. The molecule has 0 radical (unpaired) electrons. The fraction of sp³-hybridized carbons (Fsp3) is 0.0612. The van der Waals surface area contributed by atoms with E-state index in [0.717, 1.165) is 66.6 Å². The van der Waals surface area contributed by atoms with Gasteiger partial charge in [0, 0.05) is 33.2 Å². The summed E-state index contributed by atoms with van der Waals surface area (Å²) in [6.07, 6.45) is 1.75. The minimum atomic E-state index is 0.492. The second-order valence-corrected chi connectivity index (χ2v) is 12.7. The van der Waals surface area contributed by atoms with Gasteiger partial charge < -0.3 is 9.13 Å². The van der Waals surface area contributed by atoms with Crippen molar-refractivity contribution in [2.75, 3.05) is 0 Å². The number of aromatic nitrogens is 2. The van der Waals surface area contributed by atoms with Crippen molar-refractivity contribution >= 4 is 43.6 Å². The number of hydrogen-bond acceptors (Lipinski definition) is 2. The summed E-state index contributed by atoms with van der Waals surface area (Å²) in [4.78, 5) is 0. The summed E-state index contributed by atoms with van der Waals surface area (Å²) in [5.74, 6) is 0. The Kier molecular flexibility index (Phi) is 8.43. The first-order valence-corrected chi connectivity index (χ1v) is 18.0. The molecule has 7 aromatic carbocycles. The Morgan fingerprint density at radius 2 is 1.02 bits per heavy atom. The first-order chi connectivity index (χ1) is 26.2. The Morgan fingerprint density at radius 1 is 0.509 bits per heavy atom. The Bertz CT molecular complexity index is 2920. The Morgan fingerprint density at radius 3 is 1.62 bits per heavy atom. The van der Waals surface area contributed by atoms with E-state index in [0.29, 0.717) is 16.7 Å². The zero-order valence-electron chi connectivity index (χ0n) is 29.9. The van der Waals surface area contributed by atoms with E-state index in [1.165, 1.54) is 16.2 Å². The van der Waals surface area contributed by atoms with Crippen LogP contribution in [0.4, 0.5) is 0 Å². The van der Waals surface area contributed by atoms with Gasteiger partial charge in [-0.15, -0.1) is 6.58 Å². The summed E-state index contributed by atoms with van der Waals surface area (Å²) in [6.45, 7) is 9.25. The van der Waals surface area contributed by atoms with Crippen molar-refractivity contribution in [3.63, 3.8) is 0 Å². The zero-order chi connectivity index (χ0) is 36.6. The van der Waals surface area contributed by atoms with E-state index in [1.807, 2.05) is 20.8 Å². The van der Waals surface area contributed by atoms with E-state index < -0.39 is 0 Å². The van der Waals surface area contributed by atoms with Crippen LogP contribution in [0.5, 0.6) is 0 Å².